The summed E-state index contributed by atoms with van der Waals surface area (Å²) in [6.07, 6.45) is 1.78. The molecule has 1 aromatic carbocycles. The van der Waals surface area contributed by atoms with Gasteiger partial charge < -0.3 is 10.5 Å². The number of nitrogens with two attached hydrogens (primary N) is 1. The first kappa shape index (κ1) is 12.1. The normalized spacial score (nSPS) is 12.4. The van der Waals surface area contributed by atoms with Crippen LogP contribution in [0.1, 0.15) is 29.1 Å². The predicted octanol–water partition coefficient (Wildman–Crippen LogP) is 3.05. The van der Waals surface area contributed by atoms with Gasteiger partial charge in [-0.2, -0.15) is 0 Å². The molecule has 2 rings (SSSR count). The van der Waals surface area contributed by atoms with Crippen molar-refractivity contribution in [2.45, 2.75) is 26.5 Å². The fourth-order valence-electron chi connectivity index (χ4n) is 1.61. The highest BCUT2D eigenvalue weighted by Gasteiger charge is 2.09. The standard InChI is InChI=1S/C13H16N2OS/c1-9-3-4-11(10(2)14)12(7-9)16-8-13-15-5-6-17-13/h3-7,10H,8,14H2,1-2H3/t10-/m0/s1. The number of rotatable bonds is 4. The van der Waals surface area contributed by atoms with Crippen molar-refractivity contribution in [3.8, 4) is 5.75 Å². The molecule has 0 aliphatic heterocycles. The Bertz CT molecular complexity index is 480. The lowest BCUT2D eigenvalue weighted by Gasteiger charge is -2.14. The van der Waals surface area contributed by atoms with Gasteiger partial charge in [0.25, 0.3) is 0 Å². The quantitative estimate of drug-likeness (QED) is 0.904. The average molecular weight is 248 g/mol. The number of hydrogen-bond donors (Lipinski definition) is 1. The molecular formula is C13H16N2OS. The summed E-state index contributed by atoms with van der Waals surface area (Å²) in [6.45, 7) is 4.50. The minimum Gasteiger partial charge on any atom is -0.486 e. The maximum absolute atomic E-state index is 5.92. The van der Waals surface area contributed by atoms with Gasteiger partial charge in [-0.25, -0.2) is 4.98 Å². The number of hydrogen-bond acceptors (Lipinski definition) is 4. The molecule has 0 radical (unpaired) electrons. The third-order valence-corrected chi connectivity index (χ3v) is 3.25. The van der Waals surface area contributed by atoms with Crippen LogP contribution >= 0.6 is 11.3 Å². The van der Waals surface area contributed by atoms with Crippen LogP contribution in [0, 0.1) is 6.92 Å². The van der Waals surface area contributed by atoms with Gasteiger partial charge in [0.1, 0.15) is 17.4 Å². The van der Waals surface area contributed by atoms with Crippen molar-refractivity contribution >= 4 is 11.3 Å². The fourth-order valence-corrected chi connectivity index (χ4v) is 2.13. The molecule has 17 heavy (non-hydrogen) atoms. The van der Waals surface area contributed by atoms with E-state index in [-0.39, 0.29) is 6.04 Å². The van der Waals surface area contributed by atoms with E-state index in [2.05, 4.69) is 11.1 Å². The minimum atomic E-state index is -0.0260. The summed E-state index contributed by atoms with van der Waals surface area (Å²) in [7, 11) is 0. The number of thiazole rings is 1. The molecule has 0 spiro atoms. The van der Waals surface area contributed by atoms with Crippen molar-refractivity contribution in [3.05, 3.63) is 45.9 Å². The minimum absolute atomic E-state index is 0.0260. The fraction of sp³-hybridized carbons (Fsp3) is 0.308. The molecule has 1 aromatic heterocycles. The van der Waals surface area contributed by atoms with Crippen molar-refractivity contribution in [2.75, 3.05) is 0 Å². The first-order chi connectivity index (χ1) is 8.16. The Morgan fingerprint density at radius 3 is 2.94 bits per heavy atom. The summed E-state index contributed by atoms with van der Waals surface area (Å²) >= 11 is 1.59. The lowest BCUT2D eigenvalue weighted by molar-refractivity contribution is 0.300. The van der Waals surface area contributed by atoms with Crippen molar-refractivity contribution < 1.29 is 4.74 Å². The lowest BCUT2D eigenvalue weighted by atomic mass is 10.1. The second kappa shape index (κ2) is 5.29. The Kier molecular flexibility index (Phi) is 3.76. The highest BCUT2D eigenvalue weighted by Crippen LogP contribution is 2.26. The molecule has 3 nitrogen and oxygen atoms in total. The van der Waals surface area contributed by atoms with Crippen LogP contribution in [0.2, 0.25) is 0 Å². The second-order valence-electron chi connectivity index (χ2n) is 4.04. The van der Waals surface area contributed by atoms with Crippen LogP contribution in [0.15, 0.2) is 29.8 Å². The topological polar surface area (TPSA) is 48.1 Å². The van der Waals surface area contributed by atoms with E-state index < -0.39 is 0 Å². The molecule has 2 aromatic rings. The van der Waals surface area contributed by atoms with Crippen LogP contribution in [-0.4, -0.2) is 4.98 Å². The Morgan fingerprint density at radius 2 is 2.29 bits per heavy atom. The third-order valence-electron chi connectivity index (χ3n) is 2.49. The van der Waals surface area contributed by atoms with Gasteiger partial charge in [-0.1, -0.05) is 12.1 Å². The second-order valence-corrected chi connectivity index (χ2v) is 5.02. The van der Waals surface area contributed by atoms with Gasteiger partial charge in [0.15, 0.2) is 0 Å². The molecule has 4 heteroatoms. The first-order valence-electron chi connectivity index (χ1n) is 5.54. The highest BCUT2D eigenvalue weighted by atomic mass is 32.1. The van der Waals surface area contributed by atoms with Crippen LogP contribution in [0.25, 0.3) is 0 Å². The van der Waals surface area contributed by atoms with E-state index in [9.17, 15) is 0 Å². The zero-order valence-electron chi connectivity index (χ0n) is 10.0. The van der Waals surface area contributed by atoms with Crippen LogP contribution in [-0.2, 0) is 6.61 Å². The Labute approximate surface area is 105 Å². The molecule has 0 saturated carbocycles. The number of nitrogens with zero attached hydrogens (tertiary/aromatic N) is 1. The van der Waals surface area contributed by atoms with Gasteiger partial charge in [-0.15, -0.1) is 11.3 Å². The van der Waals surface area contributed by atoms with Crippen LogP contribution < -0.4 is 10.5 Å². The van der Waals surface area contributed by atoms with Crippen LogP contribution in [0.4, 0.5) is 0 Å². The van der Waals surface area contributed by atoms with Crippen molar-refractivity contribution in [3.63, 3.8) is 0 Å². The number of benzene rings is 1. The monoisotopic (exact) mass is 248 g/mol. The third kappa shape index (κ3) is 3.05. The Morgan fingerprint density at radius 1 is 1.47 bits per heavy atom. The SMILES string of the molecule is Cc1ccc([C@H](C)N)c(OCc2nccs2)c1. The lowest BCUT2D eigenvalue weighted by Crippen LogP contribution is -2.08. The largest absolute Gasteiger partial charge is 0.486 e. The summed E-state index contributed by atoms with van der Waals surface area (Å²) in [5.74, 6) is 0.857. The molecule has 0 fully saturated rings. The van der Waals surface area contributed by atoms with E-state index in [0.717, 1.165) is 16.3 Å². The molecule has 0 unspecified atom stereocenters. The number of aromatic nitrogens is 1. The van der Waals surface area contributed by atoms with Gasteiger partial charge in [-0.05, 0) is 25.5 Å². The summed E-state index contributed by atoms with van der Waals surface area (Å²) in [5, 5.41) is 2.92. The van der Waals surface area contributed by atoms with E-state index >= 15 is 0 Å². The van der Waals surface area contributed by atoms with Crippen LogP contribution in [0.5, 0.6) is 5.75 Å². The zero-order chi connectivity index (χ0) is 12.3. The van der Waals surface area contributed by atoms with Gasteiger partial charge in [0.2, 0.25) is 0 Å². The molecule has 0 bridgehead atoms. The molecule has 1 heterocycles. The van der Waals surface area contributed by atoms with E-state index in [1.54, 1.807) is 17.5 Å². The predicted molar refractivity (Wildman–Crippen MR) is 70.2 cm³/mol. The maximum Gasteiger partial charge on any atom is 0.140 e. The molecule has 90 valence electrons. The Balaban J connectivity index is 2.16. The molecule has 2 N–H and O–H groups in total. The van der Waals surface area contributed by atoms with Gasteiger partial charge in [0.05, 0.1) is 0 Å². The van der Waals surface area contributed by atoms with E-state index in [1.165, 1.54) is 5.56 Å². The van der Waals surface area contributed by atoms with Gasteiger partial charge in [0, 0.05) is 23.2 Å². The summed E-state index contributed by atoms with van der Waals surface area (Å²) < 4.78 is 5.79. The average Bonchev–Trinajstić information content (AvgIpc) is 2.78. The van der Waals surface area contributed by atoms with E-state index in [1.807, 2.05) is 31.4 Å². The maximum atomic E-state index is 5.92. The van der Waals surface area contributed by atoms with E-state index in [4.69, 9.17) is 10.5 Å². The number of aryl methyl sites for hydroxylation is 1. The molecule has 0 aliphatic carbocycles. The summed E-state index contributed by atoms with van der Waals surface area (Å²) in [5.41, 5.74) is 8.12. The highest BCUT2D eigenvalue weighted by molar-refractivity contribution is 7.09. The Hall–Kier alpha value is -1.39. The number of ether oxygens (including phenoxy) is 1. The molecule has 0 amide bonds. The zero-order valence-corrected chi connectivity index (χ0v) is 10.8. The van der Waals surface area contributed by atoms with Crippen LogP contribution in [0.3, 0.4) is 0 Å². The summed E-state index contributed by atoms with van der Waals surface area (Å²) in [6, 6.07) is 6.07. The van der Waals surface area contributed by atoms with Gasteiger partial charge >= 0.3 is 0 Å². The summed E-state index contributed by atoms with van der Waals surface area (Å²) in [4.78, 5) is 4.19. The van der Waals surface area contributed by atoms with Crippen molar-refractivity contribution in [2.24, 2.45) is 5.73 Å². The smallest absolute Gasteiger partial charge is 0.140 e. The van der Waals surface area contributed by atoms with Crippen molar-refractivity contribution in [1.29, 1.82) is 0 Å². The first-order valence-corrected chi connectivity index (χ1v) is 6.42. The molecule has 1 atom stereocenters. The van der Waals surface area contributed by atoms with E-state index in [0.29, 0.717) is 6.61 Å². The van der Waals surface area contributed by atoms with Gasteiger partial charge in [-0.3, -0.25) is 0 Å². The molecular weight excluding hydrogens is 232 g/mol. The molecule has 0 aliphatic rings. The molecule has 0 saturated heterocycles. The van der Waals surface area contributed by atoms with Crippen molar-refractivity contribution in [1.82, 2.24) is 4.98 Å².